The van der Waals surface area contributed by atoms with E-state index < -0.39 is 0 Å². The Kier molecular flexibility index (Phi) is 4.24. The van der Waals surface area contributed by atoms with Gasteiger partial charge in [0.1, 0.15) is 0 Å². The molecule has 0 saturated carbocycles. The number of hydrogen-bond donors (Lipinski definition) is 0. The fraction of sp³-hybridized carbons (Fsp3) is 0.111. The van der Waals surface area contributed by atoms with Crippen molar-refractivity contribution in [3.8, 4) is 0 Å². The van der Waals surface area contributed by atoms with Crippen molar-refractivity contribution >= 4 is 11.8 Å². The lowest BCUT2D eigenvalue weighted by Gasteiger charge is -2.17. The molecule has 0 N–H and O–H groups in total. The molecule has 2 aromatic carbocycles. The van der Waals surface area contributed by atoms with Crippen LogP contribution in [0.2, 0.25) is 0 Å². The van der Waals surface area contributed by atoms with Gasteiger partial charge in [-0.1, -0.05) is 72.4 Å². The third kappa shape index (κ3) is 3.14. The smallest absolute Gasteiger partial charge is 0.160 e. The molecule has 0 atom stereocenters. The van der Waals surface area contributed by atoms with Crippen LogP contribution >= 0.6 is 11.8 Å². The van der Waals surface area contributed by atoms with E-state index in [1.807, 2.05) is 12.1 Å². The summed E-state index contributed by atoms with van der Waals surface area (Å²) in [5.74, 6) is 1.36. The lowest BCUT2D eigenvalue weighted by atomic mass is 9.93. The van der Waals surface area contributed by atoms with Gasteiger partial charge in [-0.25, -0.2) is 0 Å². The third-order valence-corrected chi connectivity index (χ3v) is 4.31. The van der Waals surface area contributed by atoms with Crippen molar-refractivity contribution in [2.24, 2.45) is 0 Å². The van der Waals surface area contributed by atoms with E-state index >= 15 is 0 Å². The van der Waals surface area contributed by atoms with Gasteiger partial charge in [0, 0.05) is 11.7 Å². The van der Waals surface area contributed by atoms with Crippen LogP contribution in [-0.2, 0) is 0 Å². The minimum absolute atomic E-state index is 0.382. The van der Waals surface area contributed by atoms with E-state index in [0.717, 1.165) is 10.8 Å². The van der Waals surface area contributed by atoms with E-state index in [4.69, 9.17) is 4.42 Å². The Hall–Kier alpha value is -1.93. The molecule has 100 valence electrons. The predicted octanol–water partition coefficient (Wildman–Crippen LogP) is 5.20. The van der Waals surface area contributed by atoms with E-state index in [1.165, 1.54) is 11.1 Å². The minimum atomic E-state index is 0.382. The van der Waals surface area contributed by atoms with Gasteiger partial charge in [0.15, 0.2) is 5.09 Å². The van der Waals surface area contributed by atoms with Crippen molar-refractivity contribution < 1.29 is 4.42 Å². The maximum atomic E-state index is 5.42. The first-order valence-electron chi connectivity index (χ1n) is 6.69. The second-order valence-electron chi connectivity index (χ2n) is 4.62. The Bertz CT molecular complexity index is 578. The van der Waals surface area contributed by atoms with Crippen molar-refractivity contribution in [3.63, 3.8) is 0 Å². The molecule has 0 fully saturated rings. The second kappa shape index (κ2) is 6.49. The molecule has 1 aromatic heterocycles. The molecule has 0 aliphatic carbocycles. The molecule has 0 bridgehead atoms. The zero-order chi connectivity index (χ0) is 13.6. The maximum Gasteiger partial charge on any atom is 0.160 e. The zero-order valence-corrected chi connectivity index (χ0v) is 11.9. The number of thioether (sulfide) groups is 1. The van der Waals surface area contributed by atoms with Gasteiger partial charge in [0.25, 0.3) is 0 Å². The first kappa shape index (κ1) is 13.1. The summed E-state index contributed by atoms with van der Waals surface area (Å²) >= 11 is 1.76. The molecule has 3 rings (SSSR count). The van der Waals surface area contributed by atoms with Crippen LogP contribution in [0.1, 0.15) is 17.0 Å². The van der Waals surface area contributed by atoms with Crippen LogP contribution in [0, 0.1) is 0 Å². The Morgan fingerprint density at radius 3 is 1.85 bits per heavy atom. The first-order valence-corrected chi connectivity index (χ1v) is 7.68. The fourth-order valence-electron chi connectivity index (χ4n) is 2.27. The lowest BCUT2D eigenvalue weighted by molar-refractivity contribution is 0.474. The number of furan rings is 1. The van der Waals surface area contributed by atoms with Crippen LogP contribution in [0.4, 0.5) is 0 Å². The summed E-state index contributed by atoms with van der Waals surface area (Å²) in [4.78, 5) is 0. The van der Waals surface area contributed by atoms with Crippen LogP contribution in [0.5, 0.6) is 0 Å². The molecule has 0 amide bonds. The highest BCUT2D eigenvalue weighted by atomic mass is 32.2. The molecule has 0 unspecified atom stereocenters. The Morgan fingerprint density at radius 2 is 1.35 bits per heavy atom. The Labute approximate surface area is 123 Å². The minimum Gasteiger partial charge on any atom is -0.458 e. The van der Waals surface area contributed by atoms with Gasteiger partial charge < -0.3 is 4.42 Å². The van der Waals surface area contributed by atoms with Gasteiger partial charge in [0.2, 0.25) is 0 Å². The number of benzene rings is 2. The summed E-state index contributed by atoms with van der Waals surface area (Å²) in [5.41, 5.74) is 2.69. The van der Waals surface area contributed by atoms with Gasteiger partial charge in [-0.2, -0.15) is 0 Å². The molecule has 0 aliphatic heterocycles. The summed E-state index contributed by atoms with van der Waals surface area (Å²) in [7, 11) is 0. The molecular formula is C18H16OS. The molecule has 1 heterocycles. The molecule has 20 heavy (non-hydrogen) atoms. The summed E-state index contributed by atoms with van der Waals surface area (Å²) in [6.45, 7) is 0. The van der Waals surface area contributed by atoms with Crippen molar-refractivity contribution in [3.05, 3.63) is 90.2 Å². The molecular weight excluding hydrogens is 264 g/mol. The molecule has 0 radical (unpaired) electrons. The van der Waals surface area contributed by atoms with E-state index in [1.54, 1.807) is 18.0 Å². The topological polar surface area (TPSA) is 13.1 Å². The monoisotopic (exact) mass is 280 g/mol. The van der Waals surface area contributed by atoms with Gasteiger partial charge >= 0.3 is 0 Å². The highest BCUT2D eigenvalue weighted by molar-refractivity contribution is 7.99. The van der Waals surface area contributed by atoms with Gasteiger partial charge in [0.05, 0.1) is 6.26 Å². The van der Waals surface area contributed by atoms with E-state index in [9.17, 15) is 0 Å². The molecule has 1 nitrogen and oxygen atoms in total. The molecule has 2 heteroatoms. The van der Waals surface area contributed by atoms with Crippen molar-refractivity contribution in [1.29, 1.82) is 0 Å². The first-order chi connectivity index (χ1) is 9.93. The fourth-order valence-corrected chi connectivity index (χ4v) is 3.28. The number of hydrogen-bond acceptors (Lipinski definition) is 2. The second-order valence-corrected chi connectivity index (χ2v) is 5.64. The summed E-state index contributed by atoms with van der Waals surface area (Å²) in [6.07, 6.45) is 1.72. The lowest BCUT2D eigenvalue weighted by Crippen LogP contribution is -2.03. The normalized spacial score (nSPS) is 10.8. The highest BCUT2D eigenvalue weighted by Gasteiger charge is 2.14. The van der Waals surface area contributed by atoms with Gasteiger partial charge in [-0.3, -0.25) is 0 Å². The summed E-state index contributed by atoms with van der Waals surface area (Å²) < 4.78 is 5.42. The molecule has 0 saturated heterocycles. The van der Waals surface area contributed by atoms with Crippen molar-refractivity contribution in [2.75, 3.05) is 5.75 Å². The quantitative estimate of drug-likeness (QED) is 0.596. The van der Waals surface area contributed by atoms with E-state index in [-0.39, 0.29) is 0 Å². The zero-order valence-electron chi connectivity index (χ0n) is 11.1. The van der Waals surface area contributed by atoms with Crippen molar-refractivity contribution in [2.45, 2.75) is 11.0 Å². The standard InChI is InChI=1S/C18H16OS/c1-3-8-15(9-4-1)17(16-10-5-2-6-11-16)14-20-18-12-7-13-19-18/h1-13,17H,14H2. The van der Waals surface area contributed by atoms with Crippen LogP contribution in [0.15, 0.2) is 88.6 Å². The van der Waals surface area contributed by atoms with Crippen molar-refractivity contribution in [1.82, 2.24) is 0 Å². The Morgan fingerprint density at radius 1 is 0.750 bits per heavy atom. The summed E-state index contributed by atoms with van der Waals surface area (Å²) in [6, 6.07) is 25.2. The van der Waals surface area contributed by atoms with Crippen LogP contribution in [0.3, 0.4) is 0 Å². The maximum absolute atomic E-state index is 5.42. The Balaban J connectivity index is 1.84. The predicted molar refractivity (Wildman–Crippen MR) is 84.2 cm³/mol. The van der Waals surface area contributed by atoms with Crippen LogP contribution in [-0.4, -0.2) is 5.75 Å². The average molecular weight is 280 g/mol. The third-order valence-electron chi connectivity index (χ3n) is 3.29. The highest BCUT2D eigenvalue weighted by Crippen LogP contribution is 2.31. The largest absolute Gasteiger partial charge is 0.458 e. The van der Waals surface area contributed by atoms with E-state index in [2.05, 4.69) is 60.7 Å². The average Bonchev–Trinajstić information content (AvgIpc) is 3.03. The molecule has 0 aliphatic rings. The molecule has 3 aromatic rings. The molecule has 0 spiro atoms. The number of rotatable bonds is 5. The van der Waals surface area contributed by atoms with E-state index in [0.29, 0.717) is 5.92 Å². The SMILES string of the molecule is c1ccc(C(CSc2ccco2)c2ccccc2)cc1. The van der Waals surface area contributed by atoms with Crippen LogP contribution < -0.4 is 0 Å². The van der Waals surface area contributed by atoms with Gasteiger partial charge in [-0.05, 0) is 23.3 Å². The van der Waals surface area contributed by atoms with Crippen LogP contribution in [0.25, 0.3) is 0 Å². The summed E-state index contributed by atoms with van der Waals surface area (Å²) in [5, 5.41) is 0.974. The van der Waals surface area contributed by atoms with Gasteiger partial charge in [-0.15, -0.1) is 0 Å².